The van der Waals surface area contributed by atoms with E-state index in [0.717, 1.165) is 28.2 Å². The van der Waals surface area contributed by atoms with Gasteiger partial charge in [0.25, 0.3) is 0 Å². The van der Waals surface area contributed by atoms with E-state index in [2.05, 4.69) is 15.6 Å². The number of nitrogens with one attached hydrogen (secondary N) is 2. The highest BCUT2D eigenvalue weighted by atomic mass is 32.2. The Hall–Kier alpha value is -3.06. The molecular weight excluding hydrogens is 386 g/mol. The van der Waals surface area contributed by atoms with Crippen molar-refractivity contribution in [2.75, 3.05) is 23.5 Å². The van der Waals surface area contributed by atoms with E-state index in [1.165, 1.54) is 18.9 Å². The number of esters is 1. The zero-order valence-corrected chi connectivity index (χ0v) is 17.4. The summed E-state index contributed by atoms with van der Waals surface area (Å²) in [6.07, 6.45) is 1.88. The van der Waals surface area contributed by atoms with Crippen molar-refractivity contribution >= 4 is 45.7 Å². The summed E-state index contributed by atoms with van der Waals surface area (Å²) in [7, 11) is 1.36. The molecule has 29 heavy (non-hydrogen) atoms. The van der Waals surface area contributed by atoms with Crippen LogP contribution in [0.5, 0.6) is 0 Å². The fraction of sp³-hybridized carbons (Fsp3) is 0.227. The summed E-state index contributed by atoms with van der Waals surface area (Å²) in [5, 5.41) is 6.83. The van der Waals surface area contributed by atoms with Gasteiger partial charge in [-0.3, -0.25) is 9.59 Å². The third-order valence-corrected chi connectivity index (χ3v) is 5.22. The average Bonchev–Trinajstić information content (AvgIpc) is 2.87. The maximum atomic E-state index is 12.5. The van der Waals surface area contributed by atoms with Crippen LogP contribution in [-0.4, -0.2) is 29.8 Å². The first-order chi connectivity index (χ1) is 13.9. The van der Waals surface area contributed by atoms with Gasteiger partial charge in [-0.25, -0.2) is 4.99 Å². The molecule has 0 atom stereocenters. The van der Waals surface area contributed by atoms with E-state index in [-0.39, 0.29) is 24.1 Å². The lowest BCUT2D eigenvalue weighted by Gasteiger charge is -2.10. The molecule has 2 N–H and O–H groups in total. The zero-order chi connectivity index (χ0) is 20.8. The normalized spacial score (nSPS) is 12.7. The number of aryl methyl sites for hydroxylation is 2. The number of ether oxygens (including phenoxy) is 1. The number of anilines is 2. The Morgan fingerprint density at radius 1 is 1.17 bits per heavy atom. The average molecular weight is 410 g/mol. The molecular formula is C22H23N3O3S. The number of hydrogen-bond donors (Lipinski definition) is 2. The van der Waals surface area contributed by atoms with E-state index in [1.54, 1.807) is 6.08 Å². The van der Waals surface area contributed by atoms with Gasteiger partial charge in [-0.2, -0.15) is 0 Å². The van der Waals surface area contributed by atoms with Crippen molar-refractivity contribution in [1.82, 2.24) is 0 Å². The highest BCUT2D eigenvalue weighted by Crippen LogP contribution is 2.31. The van der Waals surface area contributed by atoms with E-state index in [9.17, 15) is 9.59 Å². The van der Waals surface area contributed by atoms with E-state index in [1.807, 2.05) is 56.3 Å². The van der Waals surface area contributed by atoms with Gasteiger partial charge in [-0.05, 0) is 49.2 Å². The lowest BCUT2D eigenvalue weighted by molar-refractivity contribution is -0.139. The number of amides is 1. The van der Waals surface area contributed by atoms with Crippen LogP contribution < -0.4 is 10.6 Å². The summed E-state index contributed by atoms with van der Waals surface area (Å²) in [6, 6.07) is 13.5. The van der Waals surface area contributed by atoms with Gasteiger partial charge in [-0.1, -0.05) is 36.0 Å². The minimum atomic E-state index is -0.347. The summed E-state index contributed by atoms with van der Waals surface area (Å²) in [5.74, 6) is -0.254. The lowest BCUT2D eigenvalue weighted by atomic mass is 10.1. The molecule has 0 spiro atoms. The molecule has 0 saturated heterocycles. The first-order valence-corrected chi connectivity index (χ1v) is 10.1. The monoisotopic (exact) mass is 409 g/mol. The maximum absolute atomic E-state index is 12.5. The molecule has 1 aliphatic heterocycles. The number of hydrogen-bond acceptors (Lipinski definition) is 6. The second kappa shape index (κ2) is 9.43. The molecule has 1 amide bonds. The molecule has 0 aliphatic carbocycles. The van der Waals surface area contributed by atoms with Crippen molar-refractivity contribution in [3.8, 4) is 0 Å². The second-order valence-corrected chi connectivity index (χ2v) is 7.67. The van der Waals surface area contributed by atoms with Crippen molar-refractivity contribution < 1.29 is 14.3 Å². The van der Waals surface area contributed by atoms with Crippen LogP contribution in [-0.2, 0) is 14.3 Å². The molecule has 0 unspecified atom stereocenters. The van der Waals surface area contributed by atoms with Crippen LogP contribution in [0.25, 0.3) is 0 Å². The lowest BCUT2D eigenvalue weighted by Crippen LogP contribution is -2.16. The molecule has 0 fully saturated rings. The first-order valence-electron chi connectivity index (χ1n) is 9.16. The smallest absolute Gasteiger partial charge is 0.311 e. The van der Waals surface area contributed by atoms with Crippen molar-refractivity contribution in [1.29, 1.82) is 0 Å². The van der Waals surface area contributed by atoms with Crippen LogP contribution in [0.2, 0.25) is 0 Å². The Kier molecular flexibility index (Phi) is 6.72. The molecule has 2 aromatic carbocycles. The van der Waals surface area contributed by atoms with Gasteiger partial charge in [0.15, 0.2) is 0 Å². The molecule has 6 nitrogen and oxygen atoms in total. The van der Waals surface area contributed by atoms with Gasteiger partial charge in [0.05, 0.1) is 35.7 Å². The maximum Gasteiger partial charge on any atom is 0.311 e. The number of carbonyl (C=O) groups excluding carboxylic acids is 2. The van der Waals surface area contributed by atoms with E-state index in [0.29, 0.717) is 10.7 Å². The second-order valence-electron chi connectivity index (χ2n) is 6.67. The van der Waals surface area contributed by atoms with Crippen LogP contribution in [0.1, 0.15) is 17.5 Å². The zero-order valence-electron chi connectivity index (χ0n) is 16.6. The van der Waals surface area contributed by atoms with Crippen LogP contribution in [0.15, 0.2) is 59.2 Å². The quantitative estimate of drug-likeness (QED) is 0.707. The summed E-state index contributed by atoms with van der Waals surface area (Å²) in [5.41, 5.74) is 5.14. The fourth-order valence-electron chi connectivity index (χ4n) is 2.78. The molecule has 150 valence electrons. The number of aliphatic imine (C=N–C) groups is 1. The van der Waals surface area contributed by atoms with E-state index in [4.69, 9.17) is 4.74 Å². The van der Waals surface area contributed by atoms with Crippen molar-refractivity contribution in [2.45, 2.75) is 20.3 Å². The Balaban J connectivity index is 1.74. The number of fused-ring (bicyclic) bond motifs is 1. The Morgan fingerprint density at radius 2 is 1.97 bits per heavy atom. The predicted molar refractivity (Wildman–Crippen MR) is 119 cm³/mol. The third kappa shape index (κ3) is 5.71. The Bertz CT molecular complexity index is 999. The van der Waals surface area contributed by atoms with Gasteiger partial charge in [0.2, 0.25) is 5.91 Å². The van der Waals surface area contributed by atoms with Gasteiger partial charge >= 0.3 is 5.97 Å². The third-order valence-electron chi connectivity index (χ3n) is 4.31. The molecule has 0 bridgehead atoms. The molecule has 0 radical (unpaired) electrons. The number of benzene rings is 2. The minimum absolute atomic E-state index is 0.0963. The van der Waals surface area contributed by atoms with Gasteiger partial charge in [0.1, 0.15) is 0 Å². The van der Waals surface area contributed by atoms with Gasteiger partial charge in [-0.15, -0.1) is 0 Å². The number of nitrogens with zero attached hydrogens (tertiary/aromatic N) is 1. The van der Waals surface area contributed by atoms with E-state index < -0.39 is 0 Å². The number of para-hydroxylation sites is 2. The molecule has 2 aromatic rings. The number of carbonyl (C=O) groups is 2. The SMILES string of the molecule is COC(=O)CC1=CC(SCC(=O)Nc2cc(C)ccc2C)=Nc2ccccc2N1. The Morgan fingerprint density at radius 3 is 2.76 bits per heavy atom. The highest BCUT2D eigenvalue weighted by molar-refractivity contribution is 8.14. The van der Waals surface area contributed by atoms with Crippen molar-refractivity contribution in [2.24, 2.45) is 4.99 Å². The molecule has 0 saturated carbocycles. The molecule has 7 heteroatoms. The minimum Gasteiger partial charge on any atom is -0.469 e. The van der Waals surface area contributed by atoms with Crippen molar-refractivity contribution in [3.63, 3.8) is 0 Å². The van der Waals surface area contributed by atoms with Crippen LogP contribution in [0, 0.1) is 13.8 Å². The summed E-state index contributed by atoms with van der Waals surface area (Å²) >= 11 is 1.32. The Labute approximate surface area is 174 Å². The largest absolute Gasteiger partial charge is 0.469 e. The summed E-state index contributed by atoms with van der Waals surface area (Å²) in [6.45, 7) is 3.95. The molecule has 3 rings (SSSR count). The first kappa shape index (κ1) is 20.7. The van der Waals surface area contributed by atoms with Crippen molar-refractivity contribution in [3.05, 3.63) is 65.4 Å². The molecule has 1 aliphatic rings. The summed E-state index contributed by atoms with van der Waals surface area (Å²) in [4.78, 5) is 28.8. The van der Waals surface area contributed by atoms with Gasteiger partial charge in [0, 0.05) is 11.4 Å². The van der Waals surface area contributed by atoms with Crippen LogP contribution in [0.4, 0.5) is 17.1 Å². The standard InChI is InChI=1S/C22H23N3O3S/c1-14-8-9-15(2)19(10-14)24-20(26)13-29-21-11-16(12-22(27)28-3)23-17-6-4-5-7-18(17)25-21/h4-11,23H,12-13H2,1-3H3,(H,24,26). The van der Waals surface area contributed by atoms with Gasteiger partial charge < -0.3 is 15.4 Å². The predicted octanol–water partition coefficient (Wildman–Crippen LogP) is 4.58. The van der Waals surface area contributed by atoms with E-state index >= 15 is 0 Å². The highest BCUT2D eigenvalue weighted by Gasteiger charge is 2.15. The summed E-state index contributed by atoms with van der Waals surface area (Å²) < 4.78 is 4.77. The van der Waals surface area contributed by atoms with Crippen LogP contribution >= 0.6 is 11.8 Å². The molecule has 1 heterocycles. The number of thioether (sulfide) groups is 1. The molecule has 0 aromatic heterocycles. The number of rotatable bonds is 5. The number of methoxy groups -OCH3 is 1. The fourth-order valence-corrected chi connectivity index (χ4v) is 3.52. The van der Waals surface area contributed by atoms with Crippen LogP contribution in [0.3, 0.4) is 0 Å². The topological polar surface area (TPSA) is 79.8 Å².